The Morgan fingerprint density at radius 2 is 1.83 bits per heavy atom. The highest BCUT2D eigenvalue weighted by Crippen LogP contribution is 2.41. The molecule has 5 rings (SSSR count). The molecule has 3 heterocycles. The van der Waals surface area contributed by atoms with E-state index in [2.05, 4.69) is 42.0 Å². The van der Waals surface area contributed by atoms with Gasteiger partial charge < -0.3 is 20.9 Å². The van der Waals surface area contributed by atoms with Gasteiger partial charge in [0.1, 0.15) is 17.5 Å². The number of H-pyrrole nitrogens is 1. The summed E-state index contributed by atoms with van der Waals surface area (Å²) < 4.78 is 0. The number of nitriles is 1. The van der Waals surface area contributed by atoms with Gasteiger partial charge in [0.2, 0.25) is 0 Å². The number of nitrogens with zero attached hydrogens (tertiary/aromatic N) is 4. The maximum atomic E-state index is 9.34. The quantitative estimate of drug-likeness (QED) is 0.418. The predicted molar refractivity (Wildman–Crippen MR) is 111 cm³/mol. The van der Waals surface area contributed by atoms with Crippen LogP contribution < -0.4 is 16.0 Å². The summed E-state index contributed by atoms with van der Waals surface area (Å²) in [5.74, 6) is 0.712. The second-order valence-corrected chi connectivity index (χ2v) is 6.89. The molecule has 29 heavy (non-hydrogen) atoms. The number of rotatable bonds is 5. The molecule has 1 aliphatic rings. The van der Waals surface area contributed by atoms with Crippen molar-refractivity contribution in [1.82, 2.24) is 19.9 Å². The number of hydrogen-bond donors (Lipinski definition) is 4. The van der Waals surface area contributed by atoms with E-state index in [0.29, 0.717) is 30.0 Å². The summed E-state index contributed by atoms with van der Waals surface area (Å²) in [5, 5.41) is 20.0. The van der Waals surface area contributed by atoms with Gasteiger partial charge in [-0.1, -0.05) is 24.3 Å². The van der Waals surface area contributed by atoms with Crippen molar-refractivity contribution in [2.45, 2.75) is 12.1 Å². The highest BCUT2D eigenvalue weighted by atomic mass is 15.3. The smallest absolute Gasteiger partial charge is 0.182 e. The Morgan fingerprint density at radius 3 is 2.62 bits per heavy atom. The number of benzene rings is 2. The summed E-state index contributed by atoms with van der Waals surface area (Å²) in [6.07, 6.45) is 3.81. The first-order valence-corrected chi connectivity index (χ1v) is 9.31. The Bertz CT molecular complexity index is 1200. The van der Waals surface area contributed by atoms with Crippen LogP contribution in [-0.4, -0.2) is 26.5 Å². The lowest BCUT2D eigenvalue weighted by Crippen LogP contribution is -2.40. The van der Waals surface area contributed by atoms with Crippen molar-refractivity contribution < 1.29 is 0 Å². The van der Waals surface area contributed by atoms with Crippen molar-refractivity contribution >= 4 is 28.4 Å². The van der Waals surface area contributed by atoms with Crippen LogP contribution >= 0.6 is 0 Å². The first-order valence-electron chi connectivity index (χ1n) is 9.31. The number of hydrogen-bond acceptors (Lipinski definition) is 7. The van der Waals surface area contributed by atoms with Crippen LogP contribution in [0.3, 0.4) is 0 Å². The first-order chi connectivity index (χ1) is 14.3. The maximum Gasteiger partial charge on any atom is 0.182 e. The van der Waals surface area contributed by atoms with Crippen LogP contribution in [0.15, 0.2) is 61.2 Å². The minimum Gasteiger partial charge on any atom is -0.368 e. The standard InChI is InChI=1S/C21H18N8/c22-11-14-4-3-5-15(10-14)21(28-16-6-1-2-7-17(16)29-21)8-9-23-19-18-20(25-12-24-18)27-13-26-19/h1-7,10,12-13,28-29H,8-9H2,(H2,23,24,25,26,27). The van der Waals surface area contributed by atoms with E-state index in [0.717, 1.165) is 22.5 Å². The second kappa shape index (κ2) is 6.80. The van der Waals surface area contributed by atoms with Crippen LogP contribution in [0.5, 0.6) is 0 Å². The summed E-state index contributed by atoms with van der Waals surface area (Å²) in [6.45, 7) is 0.635. The number of para-hydroxylation sites is 2. The minimum atomic E-state index is -0.538. The lowest BCUT2D eigenvalue weighted by atomic mass is 9.94. The highest BCUT2D eigenvalue weighted by Gasteiger charge is 2.37. The second-order valence-electron chi connectivity index (χ2n) is 6.89. The van der Waals surface area contributed by atoms with Crippen molar-refractivity contribution in [3.63, 3.8) is 0 Å². The molecule has 0 radical (unpaired) electrons. The van der Waals surface area contributed by atoms with Gasteiger partial charge in [-0.3, -0.25) is 0 Å². The molecule has 0 atom stereocenters. The molecule has 2 aromatic heterocycles. The Balaban J connectivity index is 1.44. The van der Waals surface area contributed by atoms with E-state index >= 15 is 0 Å². The highest BCUT2D eigenvalue weighted by molar-refractivity contribution is 5.82. The van der Waals surface area contributed by atoms with Gasteiger partial charge in [-0.25, -0.2) is 15.0 Å². The molecule has 142 valence electrons. The summed E-state index contributed by atoms with van der Waals surface area (Å²) in [5.41, 5.74) is 4.57. The van der Waals surface area contributed by atoms with Crippen LogP contribution in [0.25, 0.3) is 11.2 Å². The van der Waals surface area contributed by atoms with Crippen LogP contribution in [0, 0.1) is 11.3 Å². The number of imidazole rings is 1. The van der Waals surface area contributed by atoms with E-state index in [1.807, 2.05) is 48.5 Å². The van der Waals surface area contributed by atoms with Gasteiger partial charge in [0.25, 0.3) is 0 Å². The maximum absolute atomic E-state index is 9.34. The molecule has 8 heteroatoms. The van der Waals surface area contributed by atoms with E-state index in [9.17, 15) is 5.26 Å². The van der Waals surface area contributed by atoms with Crippen molar-refractivity contribution in [3.05, 3.63) is 72.3 Å². The molecular weight excluding hydrogens is 364 g/mol. The molecule has 4 aromatic rings. The fourth-order valence-electron chi connectivity index (χ4n) is 3.73. The number of anilines is 3. The third-order valence-corrected chi connectivity index (χ3v) is 5.12. The van der Waals surface area contributed by atoms with E-state index in [4.69, 9.17) is 0 Å². The van der Waals surface area contributed by atoms with Crippen LogP contribution in [-0.2, 0) is 5.66 Å². The third-order valence-electron chi connectivity index (χ3n) is 5.12. The van der Waals surface area contributed by atoms with E-state index < -0.39 is 5.66 Å². The zero-order chi connectivity index (χ0) is 19.7. The molecule has 0 aliphatic carbocycles. The molecule has 4 N–H and O–H groups in total. The molecule has 0 unspecified atom stereocenters. The van der Waals surface area contributed by atoms with Crippen molar-refractivity contribution in [1.29, 1.82) is 5.26 Å². The molecule has 0 fully saturated rings. The van der Waals surface area contributed by atoms with Crippen molar-refractivity contribution in [3.8, 4) is 6.07 Å². The third kappa shape index (κ3) is 2.99. The molecule has 0 spiro atoms. The van der Waals surface area contributed by atoms with Gasteiger partial charge in [-0.2, -0.15) is 5.26 Å². The summed E-state index contributed by atoms with van der Waals surface area (Å²) in [6, 6.07) is 18.0. The van der Waals surface area contributed by atoms with Gasteiger partial charge in [-0.05, 0) is 29.8 Å². The normalized spacial score (nSPS) is 13.9. The minimum absolute atomic E-state index is 0.538. The SMILES string of the molecule is N#Cc1cccc(C2(CCNc3ncnc4nc[nH]c34)Nc3ccccc3N2)c1. The number of aromatic amines is 1. The monoisotopic (exact) mass is 382 g/mol. The Kier molecular flexibility index (Phi) is 3.99. The van der Waals surface area contributed by atoms with E-state index in [1.54, 1.807) is 6.33 Å². The molecule has 0 amide bonds. The first kappa shape index (κ1) is 17.0. The number of nitrogens with one attached hydrogen (secondary N) is 4. The van der Waals surface area contributed by atoms with Crippen LogP contribution in [0.1, 0.15) is 17.5 Å². The topological polar surface area (TPSA) is 114 Å². The van der Waals surface area contributed by atoms with Crippen molar-refractivity contribution in [2.24, 2.45) is 0 Å². The average molecular weight is 382 g/mol. The van der Waals surface area contributed by atoms with Gasteiger partial charge in [0, 0.05) is 13.0 Å². The molecule has 0 bridgehead atoms. The molecule has 1 aliphatic heterocycles. The van der Waals surface area contributed by atoms with E-state index in [1.165, 1.54) is 6.33 Å². The zero-order valence-electron chi connectivity index (χ0n) is 15.5. The Morgan fingerprint density at radius 1 is 1.00 bits per heavy atom. The average Bonchev–Trinajstić information content (AvgIpc) is 3.39. The van der Waals surface area contributed by atoms with E-state index in [-0.39, 0.29) is 0 Å². The van der Waals surface area contributed by atoms with Crippen molar-refractivity contribution in [2.75, 3.05) is 22.5 Å². The van der Waals surface area contributed by atoms with Gasteiger partial charge in [0.15, 0.2) is 11.5 Å². The van der Waals surface area contributed by atoms with Gasteiger partial charge >= 0.3 is 0 Å². The van der Waals surface area contributed by atoms with Gasteiger partial charge in [-0.15, -0.1) is 0 Å². The molecule has 0 saturated heterocycles. The number of fused-ring (bicyclic) bond motifs is 2. The lowest BCUT2D eigenvalue weighted by Gasteiger charge is -2.32. The Hall–Kier alpha value is -4.12. The fraction of sp³-hybridized carbons (Fsp3) is 0.143. The van der Waals surface area contributed by atoms with Gasteiger partial charge in [0.05, 0.1) is 29.3 Å². The molecular formula is C21H18N8. The predicted octanol–water partition coefficient (Wildman–Crippen LogP) is 3.42. The van der Waals surface area contributed by atoms with Crippen LogP contribution in [0.2, 0.25) is 0 Å². The lowest BCUT2D eigenvalue weighted by molar-refractivity contribution is 0.542. The summed E-state index contributed by atoms with van der Waals surface area (Å²) >= 11 is 0. The van der Waals surface area contributed by atoms with Crippen LogP contribution in [0.4, 0.5) is 17.2 Å². The largest absolute Gasteiger partial charge is 0.368 e. The summed E-state index contributed by atoms with van der Waals surface area (Å²) in [7, 11) is 0. The molecule has 0 saturated carbocycles. The fourth-order valence-corrected chi connectivity index (χ4v) is 3.73. The molecule has 8 nitrogen and oxygen atoms in total. The number of aromatic nitrogens is 4. The zero-order valence-corrected chi connectivity index (χ0v) is 15.5. The molecule has 2 aromatic carbocycles. The Labute approximate surface area is 167 Å². The summed E-state index contributed by atoms with van der Waals surface area (Å²) in [4.78, 5) is 15.7.